The Hall–Kier alpha value is -3.74. The molecule has 2 aromatic heterocycles. The number of carbonyl (C=O) groups is 1. The van der Waals surface area contributed by atoms with Crippen molar-refractivity contribution < 1.29 is 4.79 Å². The van der Waals surface area contributed by atoms with Crippen molar-refractivity contribution in [2.45, 2.75) is 31.7 Å². The van der Waals surface area contributed by atoms with Crippen molar-refractivity contribution in [2.75, 3.05) is 24.7 Å². The van der Waals surface area contributed by atoms with Crippen molar-refractivity contribution in [3.63, 3.8) is 0 Å². The van der Waals surface area contributed by atoms with Gasteiger partial charge >= 0.3 is 0 Å². The average molecular weight is 427 g/mol. The zero-order valence-electron chi connectivity index (χ0n) is 18.5. The van der Waals surface area contributed by atoms with Crippen LogP contribution in [0.5, 0.6) is 0 Å². The third-order valence-electron chi connectivity index (χ3n) is 6.35. The molecule has 1 saturated carbocycles. The van der Waals surface area contributed by atoms with E-state index < -0.39 is 0 Å². The van der Waals surface area contributed by atoms with E-state index >= 15 is 0 Å². The van der Waals surface area contributed by atoms with E-state index in [0.29, 0.717) is 6.54 Å². The lowest BCUT2D eigenvalue weighted by atomic mass is 9.94. The van der Waals surface area contributed by atoms with Gasteiger partial charge in [0.05, 0.1) is 23.1 Å². The highest BCUT2D eigenvalue weighted by atomic mass is 16.1. The second-order valence-electron chi connectivity index (χ2n) is 8.43. The van der Waals surface area contributed by atoms with Gasteiger partial charge in [0.15, 0.2) is 0 Å². The van der Waals surface area contributed by atoms with E-state index in [-0.39, 0.29) is 11.3 Å². The molecule has 0 spiro atoms. The van der Waals surface area contributed by atoms with Crippen molar-refractivity contribution in [1.82, 2.24) is 15.3 Å². The standard InChI is InChI=1S/C25H26N6O/c1-15-10-22(31-16-4-7-21(28-11-16)25(8-9-25)14-26-2)29-12-18(15)17-5-6-20(27-3)23-19(17)13-30-24(23)32/h4-7,10-12,14,27H,8-9,13H2,1-3H3,(H,29,31)(H,30,32). The highest BCUT2D eigenvalue weighted by Crippen LogP contribution is 2.45. The van der Waals surface area contributed by atoms with E-state index in [0.717, 1.165) is 63.5 Å². The van der Waals surface area contributed by atoms with E-state index in [1.807, 2.05) is 50.9 Å². The molecule has 3 heterocycles. The summed E-state index contributed by atoms with van der Waals surface area (Å²) < 4.78 is 0. The Morgan fingerprint density at radius 1 is 1.12 bits per heavy atom. The Morgan fingerprint density at radius 3 is 2.62 bits per heavy atom. The van der Waals surface area contributed by atoms with Gasteiger partial charge < -0.3 is 16.0 Å². The van der Waals surface area contributed by atoms with Gasteiger partial charge in [-0.05, 0) is 60.7 Å². The van der Waals surface area contributed by atoms with Crippen molar-refractivity contribution in [1.29, 1.82) is 0 Å². The van der Waals surface area contributed by atoms with Crippen LogP contribution in [0.15, 0.2) is 47.7 Å². The van der Waals surface area contributed by atoms with E-state index in [1.165, 1.54) is 0 Å². The fourth-order valence-electron chi connectivity index (χ4n) is 4.46. The smallest absolute Gasteiger partial charge is 0.254 e. The fraction of sp³-hybridized carbons (Fsp3) is 0.280. The summed E-state index contributed by atoms with van der Waals surface area (Å²) >= 11 is 0. The fourth-order valence-corrected chi connectivity index (χ4v) is 4.46. The van der Waals surface area contributed by atoms with Gasteiger partial charge in [-0.25, -0.2) is 4.98 Å². The predicted octanol–water partition coefficient (Wildman–Crippen LogP) is 4.21. The maximum absolute atomic E-state index is 12.3. The molecular formula is C25H26N6O. The van der Waals surface area contributed by atoms with Crippen molar-refractivity contribution in [3.8, 4) is 11.1 Å². The van der Waals surface area contributed by atoms with E-state index in [9.17, 15) is 4.79 Å². The van der Waals surface area contributed by atoms with E-state index in [1.54, 1.807) is 0 Å². The number of anilines is 3. The third-order valence-corrected chi connectivity index (χ3v) is 6.35. The SMILES string of the molecule is CN=CC1(c2ccc(Nc3cc(C)c(-c4ccc(NC)c5c4CNC5=O)cn3)cn2)CC1. The summed E-state index contributed by atoms with van der Waals surface area (Å²) in [5.74, 6) is 0.721. The number of hydrogen-bond donors (Lipinski definition) is 3. The summed E-state index contributed by atoms with van der Waals surface area (Å²) in [6, 6.07) is 10.1. The molecule has 0 radical (unpaired) electrons. The van der Waals surface area contributed by atoms with Gasteiger partial charge in [0.2, 0.25) is 0 Å². The number of aromatic nitrogens is 2. The highest BCUT2D eigenvalue weighted by Gasteiger charge is 2.44. The van der Waals surface area contributed by atoms with Crippen molar-refractivity contribution in [2.24, 2.45) is 4.99 Å². The minimum Gasteiger partial charge on any atom is -0.387 e. The Bertz CT molecular complexity index is 1230. The number of nitrogens with one attached hydrogen (secondary N) is 3. The van der Waals surface area contributed by atoms with Crippen LogP contribution in [0, 0.1) is 6.92 Å². The molecule has 0 atom stereocenters. The maximum Gasteiger partial charge on any atom is 0.254 e. The van der Waals surface area contributed by atoms with E-state index in [4.69, 9.17) is 0 Å². The van der Waals surface area contributed by atoms with Crippen LogP contribution in [0.25, 0.3) is 11.1 Å². The number of hydrogen-bond acceptors (Lipinski definition) is 6. The summed E-state index contributed by atoms with van der Waals surface area (Å²) in [7, 11) is 3.64. The molecule has 1 aliphatic carbocycles. The van der Waals surface area contributed by atoms with Crippen LogP contribution in [0.3, 0.4) is 0 Å². The molecule has 1 fully saturated rings. The minimum atomic E-state index is -0.0377. The number of aliphatic imine (C=N–C) groups is 1. The molecule has 0 saturated heterocycles. The number of pyridine rings is 2. The molecule has 162 valence electrons. The van der Waals surface area contributed by atoms with Gasteiger partial charge in [-0.2, -0.15) is 0 Å². The first-order chi connectivity index (χ1) is 15.5. The van der Waals surface area contributed by atoms with Crippen LogP contribution in [-0.2, 0) is 12.0 Å². The number of rotatable bonds is 6. The normalized spacial score (nSPS) is 16.0. The largest absolute Gasteiger partial charge is 0.387 e. The molecular weight excluding hydrogens is 400 g/mol. The molecule has 7 heteroatoms. The summed E-state index contributed by atoms with van der Waals surface area (Å²) in [6.45, 7) is 2.59. The number of fused-ring (bicyclic) bond motifs is 1. The number of benzene rings is 1. The Morgan fingerprint density at radius 2 is 1.97 bits per heavy atom. The van der Waals surface area contributed by atoms with Crippen LogP contribution in [0.2, 0.25) is 0 Å². The molecule has 0 unspecified atom stereocenters. The third kappa shape index (κ3) is 3.39. The Kier molecular flexibility index (Phi) is 4.89. The molecule has 2 aliphatic rings. The van der Waals surface area contributed by atoms with E-state index in [2.05, 4.69) is 50.0 Å². The van der Waals surface area contributed by atoms with Gasteiger partial charge in [0.25, 0.3) is 5.91 Å². The topological polar surface area (TPSA) is 91.3 Å². The lowest BCUT2D eigenvalue weighted by Gasteiger charge is -2.14. The van der Waals surface area contributed by atoms with Crippen LogP contribution >= 0.6 is 0 Å². The van der Waals surface area contributed by atoms with Gasteiger partial charge in [0, 0.05) is 49.7 Å². The Labute approximate surface area is 187 Å². The molecule has 3 aromatic rings. The summed E-state index contributed by atoms with van der Waals surface area (Å²) in [4.78, 5) is 25.8. The first kappa shape index (κ1) is 20.2. The second-order valence-corrected chi connectivity index (χ2v) is 8.43. The number of aryl methyl sites for hydroxylation is 1. The molecule has 0 bridgehead atoms. The number of carbonyl (C=O) groups excluding carboxylic acids is 1. The van der Waals surface area contributed by atoms with Crippen LogP contribution < -0.4 is 16.0 Å². The predicted molar refractivity (Wildman–Crippen MR) is 128 cm³/mol. The molecule has 1 aliphatic heterocycles. The maximum atomic E-state index is 12.3. The number of amides is 1. The highest BCUT2D eigenvalue weighted by molar-refractivity contribution is 6.05. The molecule has 32 heavy (non-hydrogen) atoms. The van der Waals surface area contributed by atoms with Crippen LogP contribution in [-0.4, -0.2) is 36.2 Å². The van der Waals surface area contributed by atoms with Crippen LogP contribution in [0.4, 0.5) is 17.2 Å². The molecule has 1 amide bonds. The Balaban J connectivity index is 1.40. The molecule has 5 rings (SSSR count). The first-order valence-electron chi connectivity index (χ1n) is 10.8. The van der Waals surface area contributed by atoms with Gasteiger partial charge in [-0.3, -0.25) is 14.8 Å². The second kappa shape index (κ2) is 7.75. The number of nitrogens with zero attached hydrogens (tertiary/aromatic N) is 3. The summed E-state index contributed by atoms with van der Waals surface area (Å²) in [5, 5.41) is 9.39. The first-order valence-corrected chi connectivity index (χ1v) is 10.8. The van der Waals surface area contributed by atoms with Gasteiger partial charge in [0.1, 0.15) is 5.82 Å². The zero-order chi connectivity index (χ0) is 22.3. The van der Waals surface area contributed by atoms with Crippen molar-refractivity contribution >= 4 is 29.3 Å². The molecule has 7 nitrogen and oxygen atoms in total. The van der Waals surface area contributed by atoms with Gasteiger partial charge in [-0.15, -0.1) is 0 Å². The lowest BCUT2D eigenvalue weighted by Crippen LogP contribution is -2.13. The molecule has 1 aromatic carbocycles. The summed E-state index contributed by atoms with van der Waals surface area (Å²) in [6.07, 6.45) is 7.94. The monoisotopic (exact) mass is 426 g/mol. The summed E-state index contributed by atoms with van der Waals surface area (Å²) in [5.41, 5.74) is 7.71. The minimum absolute atomic E-state index is 0.0309. The zero-order valence-corrected chi connectivity index (χ0v) is 18.5. The average Bonchev–Trinajstić information content (AvgIpc) is 3.48. The quantitative estimate of drug-likeness (QED) is 0.514. The van der Waals surface area contributed by atoms with Crippen molar-refractivity contribution in [3.05, 3.63) is 65.1 Å². The molecule has 3 N–H and O–H groups in total. The van der Waals surface area contributed by atoms with Gasteiger partial charge in [-0.1, -0.05) is 6.07 Å². The van der Waals surface area contributed by atoms with Crippen LogP contribution in [0.1, 0.15) is 40.0 Å². The lowest BCUT2D eigenvalue weighted by molar-refractivity contribution is 0.0966.